The van der Waals surface area contributed by atoms with E-state index in [4.69, 9.17) is 26.0 Å². The molecule has 1 aliphatic rings. The van der Waals surface area contributed by atoms with Crippen molar-refractivity contribution in [3.63, 3.8) is 0 Å². The first-order valence-electron chi connectivity index (χ1n) is 38.8. The van der Waals surface area contributed by atoms with Crippen LogP contribution < -0.4 is 41.7 Å². The topological polar surface area (TPSA) is 314 Å². The summed E-state index contributed by atoms with van der Waals surface area (Å²) in [6.07, 6.45) is 13.3. The third-order valence-electron chi connectivity index (χ3n) is 20.5. The lowest BCUT2D eigenvalue weighted by molar-refractivity contribution is -0.135. The quantitative estimate of drug-likeness (QED) is 0.0173. The molecule has 592 valence electrons. The molecule has 5 aromatic heterocycles. The van der Waals surface area contributed by atoms with Crippen LogP contribution in [0.1, 0.15) is 127 Å². The van der Waals surface area contributed by atoms with Gasteiger partial charge in [0.25, 0.3) is 0 Å². The van der Waals surface area contributed by atoms with Crippen molar-refractivity contribution in [2.75, 3.05) is 33.9 Å². The highest BCUT2D eigenvalue weighted by Gasteiger charge is 2.30. The van der Waals surface area contributed by atoms with Gasteiger partial charge in [-0.2, -0.15) is 0 Å². The second-order valence-corrected chi connectivity index (χ2v) is 29.1. The van der Waals surface area contributed by atoms with Crippen LogP contribution in [0.25, 0.3) is 21.8 Å². The molecule has 15 rings (SSSR count). The van der Waals surface area contributed by atoms with Gasteiger partial charge in [-0.3, -0.25) is 24.6 Å². The number of para-hydroxylation sites is 2. The number of aromatic amines is 2. The van der Waals surface area contributed by atoms with Crippen LogP contribution in [-0.2, 0) is 91.8 Å². The predicted octanol–water partition coefficient (Wildman–Crippen LogP) is 13.0. The third kappa shape index (κ3) is 23.2. The van der Waals surface area contributed by atoms with Gasteiger partial charge in [0.2, 0.25) is 11.8 Å². The molecule has 23 nitrogen and oxygen atoms in total. The van der Waals surface area contributed by atoms with Crippen molar-refractivity contribution >= 4 is 58.4 Å². The summed E-state index contributed by atoms with van der Waals surface area (Å²) in [6.45, 7) is 1.99. The molecular weight excluding hydrogens is 1480 g/mol. The molecule has 25 heteroatoms. The number of nitrogens with two attached hydrogens (primary N) is 2. The van der Waals surface area contributed by atoms with Crippen molar-refractivity contribution < 1.29 is 29.0 Å². The van der Waals surface area contributed by atoms with Gasteiger partial charge in [0, 0.05) is 66.3 Å². The van der Waals surface area contributed by atoms with Crippen LogP contribution in [0.5, 0.6) is 11.5 Å². The van der Waals surface area contributed by atoms with Gasteiger partial charge in [-0.15, -0.1) is 30.6 Å². The molecule has 3 unspecified atom stereocenters. The molecule has 0 fully saturated rings. The van der Waals surface area contributed by atoms with E-state index in [1.165, 1.54) is 39.8 Å². The van der Waals surface area contributed by atoms with E-state index in [1.807, 2.05) is 103 Å². The molecule has 115 heavy (non-hydrogen) atoms. The number of methoxy groups -OCH3 is 2. The summed E-state index contributed by atoms with van der Waals surface area (Å²) in [5, 5.41) is 49.4. The molecule has 2 amide bonds. The number of carbonyl (C=O) groups is 3. The Labute approximate surface area is 675 Å². The number of ether oxygens (including phenoxy) is 2. The lowest BCUT2D eigenvalue weighted by atomic mass is 9.93. The number of aromatic nitrogens is 11. The fourth-order valence-corrected chi connectivity index (χ4v) is 15.0. The molecule has 0 bridgehead atoms. The van der Waals surface area contributed by atoms with E-state index in [2.05, 4.69) is 246 Å². The zero-order valence-corrected chi connectivity index (χ0v) is 67.2. The summed E-state index contributed by atoms with van der Waals surface area (Å²) in [4.78, 5) is 41.5. The molecular formula is C90H101N17O6P2. The number of fused-ring (bicyclic) bond motifs is 3. The Morgan fingerprint density at radius 3 is 1.27 bits per heavy atom. The number of benzene rings is 9. The number of hydrogen-bond acceptors (Lipinski definition) is 15. The van der Waals surface area contributed by atoms with Crippen LogP contribution in [0.15, 0.2) is 255 Å². The lowest BCUT2D eigenvalue weighted by Gasteiger charge is -2.20. The van der Waals surface area contributed by atoms with Crippen LogP contribution in [0, 0.1) is 0 Å². The highest BCUT2D eigenvalue weighted by molar-refractivity contribution is 7.13. The van der Waals surface area contributed by atoms with Gasteiger partial charge in [-0.1, -0.05) is 225 Å². The molecule has 9 aromatic carbocycles. The normalized spacial score (nSPS) is 12.9. The number of aryl methyl sites for hydroxylation is 7. The third-order valence-corrected chi connectivity index (χ3v) is 20.9. The van der Waals surface area contributed by atoms with Gasteiger partial charge >= 0.3 is 5.97 Å². The Morgan fingerprint density at radius 2 is 0.852 bits per heavy atom. The first-order valence-corrected chi connectivity index (χ1v) is 40.0. The minimum Gasteiger partial charge on any atom is -0.497 e. The zero-order chi connectivity index (χ0) is 80.1. The van der Waals surface area contributed by atoms with Gasteiger partial charge in [-0.25, -0.2) is 0 Å². The van der Waals surface area contributed by atoms with Crippen molar-refractivity contribution in [2.45, 2.75) is 114 Å². The summed E-state index contributed by atoms with van der Waals surface area (Å²) in [6, 6.07) is 82.0. The highest BCUT2D eigenvalue weighted by atomic mass is 31.0. The fraction of sp³-hybridized carbons (Fsp3) is 0.256. The van der Waals surface area contributed by atoms with Gasteiger partial charge in [-0.05, 0) is 136 Å². The van der Waals surface area contributed by atoms with E-state index >= 15 is 0 Å². The Hall–Kier alpha value is -11.8. The predicted molar refractivity (Wildman–Crippen MR) is 458 cm³/mol. The number of aliphatic carboxylic acids is 1. The molecule has 11 N–H and O–H groups in total. The maximum Gasteiger partial charge on any atom is 0.317 e. The highest BCUT2D eigenvalue weighted by Crippen LogP contribution is 2.39. The summed E-state index contributed by atoms with van der Waals surface area (Å²) < 4.78 is 17.2. The second kappa shape index (κ2) is 42.3. The smallest absolute Gasteiger partial charge is 0.317 e. The zero-order valence-electron chi connectivity index (χ0n) is 64.9. The minimum absolute atomic E-state index is 0.00463. The molecule has 1 aliphatic carbocycles. The summed E-state index contributed by atoms with van der Waals surface area (Å²) in [5.74, 6) is 6.01. The fourth-order valence-electron chi connectivity index (χ4n) is 14.6. The number of amides is 2. The summed E-state index contributed by atoms with van der Waals surface area (Å²) in [7, 11) is 7.79. The summed E-state index contributed by atoms with van der Waals surface area (Å²) in [5.41, 5.74) is 26.9. The maximum atomic E-state index is 12.8. The van der Waals surface area contributed by atoms with E-state index in [-0.39, 0.29) is 43.5 Å². The first kappa shape index (κ1) is 82.6. The monoisotopic (exact) mass is 1580 g/mol. The average molecular weight is 1580 g/mol. The van der Waals surface area contributed by atoms with Crippen LogP contribution in [-0.4, -0.2) is 111 Å². The Balaban J connectivity index is 0.000000154. The number of nitrogens with zero attached hydrogens (tertiary/aromatic N) is 9. The standard InChI is InChI=1S/C30H33N6O2P.C30H32N6O2.C28H30N4.C2H6NO2P/c1-38-24-14-11-22(12-15-24)20-36-28(16-13-21-7-3-2-4-8-21)34-35-30(36)27(33-29(37)19-32-39)17-23-18-31-26-10-6-5-9-25(23)26;1-38-24-14-11-22(12-15-24)20-36-28(16-13-21-7-3-2-4-8-21)34-35-30(36)27(33-29(37)18-31)17-23-19-32-26-10-6-5-9-25(23)26;29-26(19-24-17-16-23-13-7-8-14-25(23)24)28-31-30-27(18-15-21-9-3-1-4-10-21)32(28)20-22-11-5-2-6-12-22;4-2(5)1-3-6/h2-12,14-15,18,27,31-32H,13,16-17,19-20,39H2,1H3,(H,33,37);2-12,14-15,19,27,32H,13,16-18,20,31H2,1H3,(H,33,37);1-14,24,26H,15-20,29H2;3H,1,6H2,(H,4,5)/t2*27-;24?,26-;/m111./s1. The number of rotatable bonds is 33. The Kier molecular flexibility index (Phi) is 30.4. The second-order valence-electron chi connectivity index (χ2n) is 28.3. The van der Waals surface area contributed by atoms with Crippen LogP contribution >= 0.6 is 18.8 Å². The lowest BCUT2D eigenvalue weighted by Crippen LogP contribution is -2.36. The molecule has 0 spiro atoms. The van der Waals surface area contributed by atoms with Crippen molar-refractivity contribution in [1.29, 1.82) is 0 Å². The van der Waals surface area contributed by atoms with Gasteiger partial charge in [0.05, 0.1) is 71.6 Å². The molecule has 6 atom stereocenters. The van der Waals surface area contributed by atoms with E-state index in [0.717, 1.165) is 143 Å². The number of H-pyrrole nitrogens is 2. The molecule has 0 saturated carbocycles. The number of carboxylic acids is 1. The molecule has 0 aliphatic heterocycles. The number of carbonyl (C=O) groups excluding carboxylic acids is 2. The van der Waals surface area contributed by atoms with Crippen molar-refractivity contribution in [3.05, 3.63) is 346 Å². The SMILES string of the molecule is COc1ccc(Cn2c(CCc3ccccc3)nnc2[C@@H](Cc2c[nH]c3ccccc23)NC(=O)CN)cc1.COc1ccc(Cn2c(CCc3ccccc3)nnc2[C@@H](Cc2c[nH]c3ccccc23)NC(=O)CNP)cc1.N[C@H](CC1CCc2ccccc21)c1nnc(CCc2ccccc2)n1Cc1ccccc1.O=C(O)CNP. The van der Waals surface area contributed by atoms with E-state index in [1.54, 1.807) is 14.2 Å². The molecule has 0 radical (unpaired) electrons. The van der Waals surface area contributed by atoms with Crippen molar-refractivity contribution in [3.8, 4) is 11.5 Å². The van der Waals surface area contributed by atoms with Crippen LogP contribution in [0.3, 0.4) is 0 Å². The van der Waals surface area contributed by atoms with Gasteiger partial charge in [0.15, 0.2) is 11.6 Å². The van der Waals surface area contributed by atoms with Crippen LogP contribution in [0.2, 0.25) is 0 Å². The average Bonchev–Trinajstić information content (AvgIpc) is 1.67. The van der Waals surface area contributed by atoms with Crippen molar-refractivity contribution in [2.24, 2.45) is 11.5 Å². The maximum absolute atomic E-state index is 12.8. The number of carboxylic acid groups (broad SMARTS) is 1. The van der Waals surface area contributed by atoms with Crippen LogP contribution in [0.4, 0.5) is 0 Å². The van der Waals surface area contributed by atoms with Crippen molar-refractivity contribution in [1.82, 2.24) is 75.1 Å². The van der Waals surface area contributed by atoms with E-state index in [0.29, 0.717) is 37.7 Å². The number of hydrogen-bond donors (Lipinski definition) is 9. The van der Waals surface area contributed by atoms with Gasteiger partial charge in [0.1, 0.15) is 34.8 Å². The molecule has 14 aromatic rings. The minimum atomic E-state index is -0.843. The Morgan fingerprint density at radius 1 is 0.470 bits per heavy atom. The van der Waals surface area contributed by atoms with E-state index in [9.17, 15) is 14.4 Å². The summed E-state index contributed by atoms with van der Waals surface area (Å²) >= 11 is 0. The van der Waals surface area contributed by atoms with E-state index < -0.39 is 12.0 Å². The number of nitrogens with one attached hydrogen (secondary N) is 6. The Bertz CT molecular complexity index is 5350. The first-order chi connectivity index (χ1) is 56.3. The molecule has 5 heterocycles. The van der Waals surface area contributed by atoms with Gasteiger partial charge < -0.3 is 60.4 Å². The molecule has 0 saturated heterocycles. The largest absolute Gasteiger partial charge is 0.497 e.